The van der Waals surface area contributed by atoms with Gasteiger partial charge in [0.05, 0.1) is 6.10 Å². The van der Waals surface area contributed by atoms with Crippen molar-refractivity contribution in [3.63, 3.8) is 0 Å². The monoisotopic (exact) mass is 235 g/mol. The summed E-state index contributed by atoms with van der Waals surface area (Å²) in [4.78, 5) is 13.9. The second-order valence-electron chi connectivity index (χ2n) is 4.40. The van der Waals surface area contributed by atoms with Crippen LogP contribution in [0.1, 0.15) is 22.3 Å². The molecule has 1 heterocycles. The number of aromatic hydroxyl groups is 1. The van der Waals surface area contributed by atoms with Crippen molar-refractivity contribution in [2.24, 2.45) is 0 Å². The first-order valence-electron chi connectivity index (χ1n) is 5.73. The van der Waals surface area contributed by atoms with Crippen LogP contribution in [0.3, 0.4) is 0 Å². The van der Waals surface area contributed by atoms with Crippen molar-refractivity contribution < 1.29 is 14.6 Å². The number of rotatable bonds is 2. The topological polar surface area (TPSA) is 49.8 Å². The summed E-state index contributed by atoms with van der Waals surface area (Å²) in [5, 5.41) is 9.59. The molecule has 4 nitrogen and oxygen atoms in total. The van der Waals surface area contributed by atoms with Gasteiger partial charge in [0.15, 0.2) is 0 Å². The van der Waals surface area contributed by atoms with Gasteiger partial charge in [-0.05, 0) is 31.0 Å². The predicted octanol–water partition coefficient (Wildman–Crippen LogP) is 1.56. The van der Waals surface area contributed by atoms with E-state index in [1.165, 1.54) is 6.07 Å². The largest absolute Gasteiger partial charge is 0.508 e. The van der Waals surface area contributed by atoms with Crippen molar-refractivity contribution in [1.82, 2.24) is 4.90 Å². The Hall–Kier alpha value is -1.55. The van der Waals surface area contributed by atoms with Gasteiger partial charge in [0, 0.05) is 25.8 Å². The molecule has 0 bridgehead atoms. The van der Waals surface area contributed by atoms with Crippen LogP contribution in [-0.2, 0) is 4.74 Å². The second-order valence-corrected chi connectivity index (χ2v) is 4.40. The molecule has 1 fully saturated rings. The number of benzene rings is 1. The van der Waals surface area contributed by atoms with Crippen LogP contribution in [0.5, 0.6) is 5.75 Å². The molecule has 1 unspecified atom stereocenters. The van der Waals surface area contributed by atoms with E-state index in [-0.39, 0.29) is 17.8 Å². The van der Waals surface area contributed by atoms with Gasteiger partial charge < -0.3 is 14.7 Å². The van der Waals surface area contributed by atoms with Gasteiger partial charge in [0.25, 0.3) is 5.91 Å². The summed E-state index contributed by atoms with van der Waals surface area (Å²) >= 11 is 0. The van der Waals surface area contributed by atoms with E-state index in [9.17, 15) is 9.90 Å². The van der Waals surface area contributed by atoms with Crippen molar-refractivity contribution in [2.75, 3.05) is 20.2 Å². The highest BCUT2D eigenvalue weighted by Crippen LogP contribution is 2.21. The summed E-state index contributed by atoms with van der Waals surface area (Å²) in [6.45, 7) is 3.15. The standard InChI is InChI=1S/C13H17NO3/c1-9-3-4-10(7-12(9)15)13(16)14-6-5-11(8-14)17-2/h3-4,7,11,15H,5-6,8H2,1-2H3. The van der Waals surface area contributed by atoms with Crippen molar-refractivity contribution in [3.05, 3.63) is 29.3 Å². The van der Waals surface area contributed by atoms with Crippen molar-refractivity contribution in [2.45, 2.75) is 19.4 Å². The first-order valence-corrected chi connectivity index (χ1v) is 5.73. The number of phenols is 1. The average Bonchev–Trinajstić information content (AvgIpc) is 2.80. The van der Waals surface area contributed by atoms with Crippen LogP contribution in [0.15, 0.2) is 18.2 Å². The maximum Gasteiger partial charge on any atom is 0.254 e. The van der Waals surface area contributed by atoms with Gasteiger partial charge in [-0.2, -0.15) is 0 Å². The Labute approximate surface area is 101 Å². The molecule has 17 heavy (non-hydrogen) atoms. The normalized spacial score (nSPS) is 19.6. The second kappa shape index (κ2) is 4.75. The smallest absolute Gasteiger partial charge is 0.254 e. The number of phenolic OH excluding ortho intramolecular Hbond substituents is 1. The molecule has 0 spiro atoms. The molecule has 4 heteroatoms. The molecule has 0 aromatic heterocycles. The number of nitrogens with zero attached hydrogens (tertiary/aromatic N) is 1. The summed E-state index contributed by atoms with van der Waals surface area (Å²) in [5.41, 5.74) is 1.31. The van der Waals surface area contributed by atoms with Crippen LogP contribution in [0.25, 0.3) is 0 Å². The summed E-state index contributed by atoms with van der Waals surface area (Å²) in [6.07, 6.45) is 1.01. The number of carbonyl (C=O) groups is 1. The van der Waals surface area contributed by atoms with E-state index in [1.807, 2.05) is 0 Å². The number of ether oxygens (including phenoxy) is 1. The van der Waals surface area contributed by atoms with Gasteiger partial charge >= 0.3 is 0 Å². The Bertz CT molecular complexity index is 431. The minimum atomic E-state index is -0.0418. The molecule has 1 saturated heterocycles. The highest BCUT2D eigenvalue weighted by atomic mass is 16.5. The maximum atomic E-state index is 12.1. The van der Waals surface area contributed by atoms with Gasteiger partial charge in [-0.3, -0.25) is 4.79 Å². The van der Waals surface area contributed by atoms with Crippen molar-refractivity contribution in [1.29, 1.82) is 0 Å². The molecule has 1 aliphatic heterocycles. The van der Waals surface area contributed by atoms with E-state index in [1.54, 1.807) is 31.1 Å². The lowest BCUT2D eigenvalue weighted by Crippen LogP contribution is -2.29. The fraction of sp³-hybridized carbons (Fsp3) is 0.462. The third kappa shape index (κ3) is 2.42. The number of likely N-dealkylation sites (tertiary alicyclic amines) is 1. The molecular formula is C13H17NO3. The molecule has 1 aliphatic rings. The Kier molecular flexibility index (Phi) is 3.33. The molecule has 1 amide bonds. The molecule has 1 atom stereocenters. The zero-order valence-corrected chi connectivity index (χ0v) is 10.1. The van der Waals surface area contributed by atoms with Crippen LogP contribution in [-0.4, -0.2) is 42.2 Å². The van der Waals surface area contributed by atoms with Crippen molar-refractivity contribution in [3.8, 4) is 5.75 Å². The Morgan fingerprint density at radius 2 is 2.29 bits per heavy atom. The van der Waals surface area contributed by atoms with E-state index in [0.717, 1.165) is 12.0 Å². The van der Waals surface area contributed by atoms with E-state index in [0.29, 0.717) is 18.7 Å². The molecule has 0 radical (unpaired) electrons. The molecule has 1 aromatic carbocycles. The molecule has 2 rings (SSSR count). The summed E-state index contributed by atoms with van der Waals surface area (Å²) in [5.74, 6) is 0.123. The summed E-state index contributed by atoms with van der Waals surface area (Å²) in [6, 6.07) is 5.03. The van der Waals surface area contributed by atoms with Gasteiger partial charge in [-0.1, -0.05) is 6.07 Å². The van der Waals surface area contributed by atoms with Crippen LogP contribution in [0.4, 0.5) is 0 Å². The lowest BCUT2D eigenvalue weighted by atomic mass is 10.1. The SMILES string of the molecule is COC1CCN(C(=O)c2ccc(C)c(O)c2)C1. The highest BCUT2D eigenvalue weighted by molar-refractivity contribution is 5.94. The van der Waals surface area contributed by atoms with Gasteiger partial charge in [-0.15, -0.1) is 0 Å². The third-order valence-corrected chi connectivity index (χ3v) is 3.22. The number of aryl methyl sites for hydroxylation is 1. The van der Waals surface area contributed by atoms with E-state index < -0.39 is 0 Å². The minimum absolute atomic E-state index is 0.0418. The van der Waals surface area contributed by atoms with Gasteiger partial charge in [-0.25, -0.2) is 0 Å². The molecule has 92 valence electrons. The van der Waals surface area contributed by atoms with Crippen molar-refractivity contribution >= 4 is 5.91 Å². The Balaban J connectivity index is 2.12. The first kappa shape index (κ1) is 11.9. The lowest BCUT2D eigenvalue weighted by Gasteiger charge is -2.16. The average molecular weight is 235 g/mol. The van der Waals surface area contributed by atoms with E-state index in [4.69, 9.17) is 4.74 Å². The molecule has 1 N–H and O–H groups in total. The zero-order chi connectivity index (χ0) is 12.4. The molecule has 1 aromatic rings. The number of amides is 1. The summed E-state index contributed by atoms with van der Waals surface area (Å²) < 4.78 is 5.23. The Morgan fingerprint density at radius 3 is 2.88 bits per heavy atom. The first-order chi connectivity index (χ1) is 8.11. The molecule has 0 saturated carbocycles. The van der Waals surface area contributed by atoms with E-state index >= 15 is 0 Å². The minimum Gasteiger partial charge on any atom is -0.508 e. The number of hydrogen-bond donors (Lipinski definition) is 1. The summed E-state index contributed by atoms with van der Waals surface area (Å²) in [7, 11) is 1.66. The molecule has 0 aliphatic carbocycles. The van der Waals surface area contributed by atoms with Gasteiger partial charge in [0.1, 0.15) is 5.75 Å². The van der Waals surface area contributed by atoms with Crippen LogP contribution in [0.2, 0.25) is 0 Å². The fourth-order valence-electron chi connectivity index (χ4n) is 2.03. The van der Waals surface area contributed by atoms with Crippen LogP contribution in [0, 0.1) is 6.92 Å². The quantitative estimate of drug-likeness (QED) is 0.846. The highest BCUT2D eigenvalue weighted by Gasteiger charge is 2.26. The van der Waals surface area contributed by atoms with Crippen LogP contribution < -0.4 is 0 Å². The van der Waals surface area contributed by atoms with Crippen LogP contribution >= 0.6 is 0 Å². The predicted molar refractivity (Wildman–Crippen MR) is 64.2 cm³/mol. The zero-order valence-electron chi connectivity index (χ0n) is 10.1. The lowest BCUT2D eigenvalue weighted by molar-refractivity contribution is 0.0724. The number of carbonyl (C=O) groups excluding carboxylic acids is 1. The number of hydrogen-bond acceptors (Lipinski definition) is 3. The Morgan fingerprint density at radius 1 is 1.53 bits per heavy atom. The van der Waals surface area contributed by atoms with Gasteiger partial charge in [0.2, 0.25) is 0 Å². The third-order valence-electron chi connectivity index (χ3n) is 3.22. The maximum absolute atomic E-state index is 12.1. The van der Waals surface area contributed by atoms with E-state index in [2.05, 4.69) is 0 Å². The molecular weight excluding hydrogens is 218 g/mol. The number of methoxy groups -OCH3 is 1. The fourth-order valence-corrected chi connectivity index (χ4v) is 2.03.